The number of nitrogens with zero attached hydrogens (tertiary/aromatic N) is 1. The zero-order valence-electron chi connectivity index (χ0n) is 10.6. The molecular weight excluding hydrogens is 263 g/mol. The van der Waals surface area contributed by atoms with Gasteiger partial charge in [0, 0.05) is 6.20 Å². The maximum atomic E-state index is 12.5. The van der Waals surface area contributed by atoms with Crippen LogP contribution < -0.4 is 5.56 Å². The van der Waals surface area contributed by atoms with Gasteiger partial charge in [-0.2, -0.15) is 13.2 Å². The van der Waals surface area contributed by atoms with Crippen LogP contribution in [0.4, 0.5) is 13.2 Å². The Bertz CT molecular complexity index is 468. The van der Waals surface area contributed by atoms with Crippen molar-refractivity contribution in [3.63, 3.8) is 0 Å². The number of aliphatic hydroxyl groups is 1. The lowest BCUT2D eigenvalue weighted by molar-refractivity contribution is -0.139. The van der Waals surface area contributed by atoms with Crippen LogP contribution in [0.25, 0.3) is 0 Å². The van der Waals surface area contributed by atoms with Gasteiger partial charge in [0.25, 0.3) is 5.56 Å². The third-order valence-electron chi connectivity index (χ3n) is 2.35. The Morgan fingerprint density at radius 1 is 1.42 bits per heavy atom. The van der Waals surface area contributed by atoms with Crippen molar-refractivity contribution in [1.29, 1.82) is 0 Å². The van der Waals surface area contributed by atoms with Crippen LogP contribution in [0.3, 0.4) is 0 Å². The van der Waals surface area contributed by atoms with Gasteiger partial charge in [-0.05, 0) is 26.0 Å². The Labute approximate surface area is 108 Å². The number of halogens is 3. The van der Waals surface area contributed by atoms with E-state index in [0.717, 1.165) is 16.7 Å². The molecule has 0 saturated heterocycles. The number of aromatic nitrogens is 1. The molecule has 0 aliphatic carbocycles. The Kier molecular flexibility index (Phi) is 5.13. The third-order valence-corrected chi connectivity index (χ3v) is 2.35. The van der Waals surface area contributed by atoms with E-state index >= 15 is 0 Å². The van der Waals surface area contributed by atoms with Crippen LogP contribution in [0.5, 0.6) is 0 Å². The van der Waals surface area contributed by atoms with E-state index in [9.17, 15) is 23.1 Å². The summed E-state index contributed by atoms with van der Waals surface area (Å²) in [6.45, 7) is 3.25. The molecule has 0 amide bonds. The molecule has 0 saturated carbocycles. The first kappa shape index (κ1) is 15.7. The van der Waals surface area contributed by atoms with Crippen molar-refractivity contribution in [2.24, 2.45) is 0 Å². The Hall–Kier alpha value is -1.34. The van der Waals surface area contributed by atoms with Crippen molar-refractivity contribution in [1.82, 2.24) is 4.57 Å². The molecule has 1 rings (SSSR count). The minimum absolute atomic E-state index is 0.0413. The Morgan fingerprint density at radius 3 is 2.58 bits per heavy atom. The van der Waals surface area contributed by atoms with Crippen molar-refractivity contribution in [3.8, 4) is 0 Å². The average molecular weight is 279 g/mol. The zero-order valence-corrected chi connectivity index (χ0v) is 10.6. The van der Waals surface area contributed by atoms with E-state index in [2.05, 4.69) is 0 Å². The first-order valence-electron chi connectivity index (χ1n) is 5.78. The topological polar surface area (TPSA) is 51.5 Å². The summed E-state index contributed by atoms with van der Waals surface area (Å²) in [5, 5.41) is 9.60. The molecule has 0 aliphatic rings. The molecule has 1 aromatic rings. The van der Waals surface area contributed by atoms with Crippen molar-refractivity contribution in [2.75, 3.05) is 6.61 Å². The van der Waals surface area contributed by atoms with Gasteiger partial charge in [0.2, 0.25) is 0 Å². The first-order chi connectivity index (χ1) is 8.71. The molecule has 4 nitrogen and oxygen atoms in total. The highest BCUT2D eigenvalue weighted by Crippen LogP contribution is 2.25. The van der Waals surface area contributed by atoms with Gasteiger partial charge in [0.05, 0.1) is 25.4 Å². The predicted molar refractivity (Wildman–Crippen MR) is 62.8 cm³/mol. The fourth-order valence-electron chi connectivity index (χ4n) is 1.48. The Balaban J connectivity index is 2.83. The quantitative estimate of drug-likeness (QED) is 0.891. The van der Waals surface area contributed by atoms with Crippen LogP contribution >= 0.6 is 0 Å². The highest BCUT2D eigenvalue weighted by molar-refractivity contribution is 5.14. The van der Waals surface area contributed by atoms with Gasteiger partial charge >= 0.3 is 6.18 Å². The number of pyridine rings is 1. The number of alkyl halides is 3. The largest absolute Gasteiger partial charge is 0.421 e. The van der Waals surface area contributed by atoms with Gasteiger partial charge in [-0.1, -0.05) is 0 Å². The minimum atomic E-state index is -4.69. The minimum Gasteiger partial charge on any atom is -0.389 e. The highest BCUT2D eigenvalue weighted by atomic mass is 19.4. The number of rotatable bonds is 5. The summed E-state index contributed by atoms with van der Waals surface area (Å²) >= 11 is 0. The molecule has 0 aliphatic heterocycles. The molecule has 1 heterocycles. The molecule has 1 atom stereocenters. The number of hydrogen-bond donors (Lipinski definition) is 1. The van der Waals surface area contributed by atoms with E-state index in [-0.39, 0.29) is 19.3 Å². The molecule has 1 N–H and O–H groups in total. The predicted octanol–water partition coefficient (Wildman–Crippen LogP) is 1.65. The molecule has 1 unspecified atom stereocenters. The van der Waals surface area contributed by atoms with Gasteiger partial charge in [0.15, 0.2) is 0 Å². The van der Waals surface area contributed by atoms with Crippen molar-refractivity contribution >= 4 is 0 Å². The second-order valence-corrected chi connectivity index (χ2v) is 4.41. The van der Waals surface area contributed by atoms with E-state index in [0.29, 0.717) is 0 Å². The normalized spacial score (nSPS) is 13.8. The second kappa shape index (κ2) is 6.21. The molecule has 0 bridgehead atoms. The lowest BCUT2D eigenvalue weighted by Crippen LogP contribution is -2.33. The van der Waals surface area contributed by atoms with Gasteiger partial charge in [-0.25, -0.2) is 0 Å². The van der Waals surface area contributed by atoms with E-state index in [1.54, 1.807) is 13.8 Å². The van der Waals surface area contributed by atoms with E-state index in [4.69, 9.17) is 4.74 Å². The van der Waals surface area contributed by atoms with Crippen molar-refractivity contribution in [2.45, 2.75) is 38.8 Å². The van der Waals surface area contributed by atoms with Crippen molar-refractivity contribution in [3.05, 3.63) is 34.2 Å². The molecular formula is C12H16F3NO3. The SMILES string of the molecule is CC(C)OCC(O)Cn1cccc(C(F)(F)F)c1=O. The molecule has 0 aromatic carbocycles. The standard InChI is InChI=1S/C12H16F3NO3/c1-8(2)19-7-9(17)6-16-5-3-4-10(11(16)18)12(13,14)15/h3-5,8-9,17H,6-7H2,1-2H3. The summed E-state index contributed by atoms with van der Waals surface area (Å²) in [6, 6.07) is 1.84. The van der Waals surface area contributed by atoms with Crippen LogP contribution in [0, 0.1) is 0 Å². The molecule has 0 spiro atoms. The third kappa shape index (κ3) is 4.68. The zero-order chi connectivity index (χ0) is 14.6. The molecule has 7 heteroatoms. The van der Waals surface area contributed by atoms with Gasteiger partial charge in [-0.3, -0.25) is 4.79 Å². The van der Waals surface area contributed by atoms with Crippen LogP contribution in [-0.4, -0.2) is 28.5 Å². The number of aliphatic hydroxyl groups excluding tert-OH is 1. The number of ether oxygens (including phenoxy) is 1. The summed E-state index contributed by atoms with van der Waals surface area (Å²) in [6.07, 6.45) is -4.63. The molecule has 1 aromatic heterocycles. The maximum absolute atomic E-state index is 12.5. The maximum Gasteiger partial charge on any atom is 0.421 e. The van der Waals surface area contributed by atoms with Gasteiger partial charge in [0.1, 0.15) is 5.56 Å². The van der Waals surface area contributed by atoms with Crippen LogP contribution in [0.2, 0.25) is 0 Å². The fourth-order valence-corrected chi connectivity index (χ4v) is 1.48. The smallest absolute Gasteiger partial charge is 0.389 e. The van der Waals surface area contributed by atoms with Crippen LogP contribution in [0.15, 0.2) is 23.1 Å². The molecule has 108 valence electrons. The molecule has 19 heavy (non-hydrogen) atoms. The van der Waals surface area contributed by atoms with Gasteiger partial charge in [-0.15, -0.1) is 0 Å². The summed E-state index contributed by atoms with van der Waals surface area (Å²) in [7, 11) is 0. The van der Waals surface area contributed by atoms with Crippen molar-refractivity contribution < 1.29 is 23.0 Å². The fraction of sp³-hybridized carbons (Fsp3) is 0.583. The number of hydrogen-bond acceptors (Lipinski definition) is 3. The summed E-state index contributed by atoms with van der Waals surface area (Å²) < 4.78 is 43.5. The highest BCUT2D eigenvalue weighted by Gasteiger charge is 2.34. The second-order valence-electron chi connectivity index (χ2n) is 4.41. The summed E-state index contributed by atoms with van der Waals surface area (Å²) in [5.41, 5.74) is -2.41. The lowest BCUT2D eigenvalue weighted by atomic mass is 10.2. The monoisotopic (exact) mass is 279 g/mol. The van der Waals surface area contributed by atoms with Crippen LogP contribution in [-0.2, 0) is 17.5 Å². The molecule has 0 fully saturated rings. The Morgan fingerprint density at radius 2 is 2.05 bits per heavy atom. The summed E-state index contributed by atoms with van der Waals surface area (Å²) in [4.78, 5) is 11.6. The average Bonchev–Trinajstić information content (AvgIpc) is 2.27. The van der Waals surface area contributed by atoms with Crippen LogP contribution in [0.1, 0.15) is 19.4 Å². The van der Waals surface area contributed by atoms with Gasteiger partial charge < -0.3 is 14.4 Å². The molecule has 0 radical (unpaired) electrons. The lowest BCUT2D eigenvalue weighted by Gasteiger charge is -2.16. The van der Waals surface area contributed by atoms with E-state index in [1.165, 1.54) is 6.20 Å². The van der Waals surface area contributed by atoms with E-state index in [1.807, 2.05) is 0 Å². The summed E-state index contributed by atoms with van der Waals surface area (Å²) in [5.74, 6) is 0. The first-order valence-corrected chi connectivity index (χ1v) is 5.78. The van der Waals surface area contributed by atoms with E-state index < -0.39 is 23.4 Å².